The predicted molar refractivity (Wildman–Crippen MR) is 84.8 cm³/mol. The number of hydrogen-bond acceptors (Lipinski definition) is 4. The minimum absolute atomic E-state index is 0.103. The highest BCUT2D eigenvalue weighted by atomic mass is 32.2. The van der Waals surface area contributed by atoms with Gasteiger partial charge in [0.15, 0.2) is 0 Å². The second-order valence-electron chi connectivity index (χ2n) is 5.59. The van der Waals surface area contributed by atoms with Gasteiger partial charge in [0.1, 0.15) is 12.1 Å². The summed E-state index contributed by atoms with van der Waals surface area (Å²) in [4.78, 5) is 25.4. The Balaban J connectivity index is 2.21. The highest BCUT2D eigenvalue weighted by molar-refractivity contribution is 7.89. The molecule has 2 atom stereocenters. The van der Waals surface area contributed by atoms with E-state index in [1.54, 1.807) is 25.1 Å². The molecule has 2 rings (SSSR count). The standard InChI is InChI=1S/C15H21N3O4S/c1-11(14(16)19)18-10-6-5-9-13(15(18)20)17-23(21,22)12-7-3-2-4-8-12/h2-4,7-8,11,13,17H,5-6,9-10H2,1H3,(H2,16,19)/t11-,13-/m0/s1. The molecule has 0 saturated carbocycles. The molecule has 23 heavy (non-hydrogen) atoms. The molecule has 0 radical (unpaired) electrons. The quantitative estimate of drug-likeness (QED) is 0.799. The van der Waals surface area contributed by atoms with Crippen molar-refractivity contribution in [2.45, 2.75) is 43.2 Å². The molecular formula is C15H21N3O4S. The molecule has 0 aromatic heterocycles. The largest absolute Gasteiger partial charge is 0.368 e. The van der Waals surface area contributed by atoms with Gasteiger partial charge in [0.25, 0.3) is 0 Å². The van der Waals surface area contributed by atoms with Crippen molar-refractivity contribution in [3.05, 3.63) is 30.3 Å². The summed E-state index contributed by atoms with van der Waals surface area (Å²) in [7, 11) is -3.79. The molecule has 1 aromatic rings. The monoisotopic (exact) mass is 339 g/mol. The summed E-state index contributed by atoms with van der Waals surface area (Å²) >= 11 is 0. The lowest BCUT2D eigenvalue weighted by atomic mass is 10.1. The maximum atomic E-state index is 12.6. The molecule has 1 aromatic carbocycles. The number of amides is 2. The number of primary amides is 1. The van der Waals surface area contributed by atoms with E-state index in [2.05, 4.69) is 4.72 Å². The molecule has 1 saturated heterocycles. The molecule has 7 nitrogen and oxygen atoms in total. The van der Waals surface area contributed by atoms with Crippen molar-refractivity contribution >= 4 is 21.8 Å². The van der Waals surface area contributed by atoms with Gasteiger partial charge in [-0.25, -0.2) is 8.42 Å². The molecule has 1 aliphatic rings. The zero-order valence-electron chi connectivity index (χ0n) is 12.9. The lowest BCUT2D eigenvalue weighted by Crippen LogP contribution is -2.53. The lowest BCUT2D eigenvalue weighted by molar-refractivity contribution is -0.139. The molecule has 8 heteroatoms. The van der Waals surface area contributed by atoms with E-state index in [1.165, 1.54) is 17.0 Å². The van der Waals surface area contributed by atoms with Crippen LogP contribution in [0.3, 0.4) is 0 Å². The smallest absolute Gasteiger partial charge is 0.241 e. The molecule has 2 amide bonds. The number of carbonyl (C=O) groups is 2. The normalized spacial score (nSPS) is 20.8. The molecule has 1 aliphatic heterocycles. The van der Waals surface area contributed by atoms with E-state index in [0.717, 1.165) is 0 Å². The van der Waals surface area contributed by atoms with Gasteiger partial charge in [-0.1, -0.05) is 18.2 Å². The van der Waals surface area contributed by atoms with Crippen molar-refractivity contribution in [1.82, 2.24) is 9.62 Å². The van der Waals surface area contributed by atoms with Crippen molar-refractivity contribution in [3.63, 3.8) is 0 Å². The van der Waals surface area contributed by atoms with Gasteiger partial charge in [-0.3, -0.25) is 9.59 Å². The summed E-state index contributed by atoms with van der Waals surface area (Å²) in [5.41, 5.74) is 5.27. The number of carbonyl (C=O) groups excluding carboxylic acids is 2. The highest BCUT2D eigenvalue weighted by Gasteiger charge is 2.34. The molecule has 1 fully saturated rings. The first-order valence-corrected chi connectivity index (χ1v) is 8.98. The third kappa shape index (κ3) is 4.08. The van der Waals surface area contributed by atoms with Crippen molar-refractivity contribution < 1.29 is 18.0 Å². The predicted octanol–water partition coefficient (Wildman–Crippen LogP) is 0.220. The number of nitrogens with two attached hydrogens (primary N) is 1. The van der Waals surface area contributed by atoms with Crippen LogP contribution in [0.2, 0.25) is 0 Å². The van der Waals surface area contributed by atoms with Crippen molar-refractivity contribution in [2.75, 3.05) is 6.54 Å². The maximum Gasteiger partial charge on any atom is 0.241 e. The lowest BCUT2D eigenvalue weighted by Gasteiger charge is -2.28. The van der Waals surface area contributed by atoms with Gasteiger partial charge in [0, 0.05) is 6.54 Å². The van der Waals surface area contributed by atoms with Crippen molar-refractivity contribution in [2.24, 2.45) is 5.73 Å². The average Bonchev–Trinajstić information content (AvgIpc) is 2.69. The highest BCUT2D eigenvalue weighted by Crippen LogP contribution is 2.17. The summed E-state index contributed by atoms with van der Waals surface area (Å²) in [6, 6.07) is 6.23. The number of likely N-dealkylation sites (tertiary alicyclic amines) is 1. The molecule has 0 unspecified atom stereocenters. The van der Waals surface area contributed by atoms with Crippen LogP contribution >= 0.6 is 0 Å². The van der Waals surface area contributed by atoms with Crippen LogP contribution in [-0.4, -0.2) is 43.8 Å². The van der Waals surface area contributed by atoms with Crippen LogP contribution in [0.25, 0.3) is 0 Å². The zero-order valence-corrected chi connectivity index (χ0v) is 13.8. The number of rotatable bonds is 5. The van der Waals surface area contributed by atoms with E-state index in [4.69, 9.17) is 5.73 Å². The van der Waals surface area contributed by atoms with Gasteiger partial charge in [0.2, 0.25) is 21.8 Å². The van der Waals surface area contributed by atoms with Crippen LogP contribution in [0.1, 0.15) is 26.2 Å². The SMILES string of the molecule is C[C@@H](C(N)=O)N1CCCC[C@H](NS(=O)(=O)c2ccccc2)C1=O. The number of nitrogens with zero attached hydrogens (tertiary/aromatic N) is 1. The Bertz CT molecular complexity index is 675. The second kappa shape index (κ2) is 7.10. The van der Waals surface area contributed by atoms with Crippen LogP contribution in [0.4, 0.5) is 0 Å². The van der Waals surface area contributed by atoms with Crippen molar-refractivity contribution in [3.8, 4) is 0 Å². The first-order valence-electron chi connectivity index (χ1n) is 7.50. The summed E-state index contributed by atoms with van der Waals surface area (Å²) in [5, 5.41) is 0. The molecular weight excluding hydrogens is 318 g/mol. The van der Waals surface area contributed by atoms with E-state index >= 15 is 0 Å². The Kier molecular flexibility index (Phi) is 5.38. The van der Waals surface area contributed by atoms with E-state index in [1.807, 2.05) is 0 Å². The topological polar surface area (TPSA) is 110 Å². The number of nitrogens with one attached hydrogen (secondary N) is 1. The summed E-state index contributed by atoms with van der Waals surface area (Å²) < 4.78 is 27.2. The summed E-state index contributed by atoms with van der Waals surface area (Å²) in [5.74, 6) is -1.02. The van der Waals surface area contributed by atoms with Gasteiger partial charge < -0.3 is 10.6 Å². The van der Waals surface area contributed by atoms with Crippen LogP contribution in [0.5, 0.6) is 0 Å². The molecule has 0 aliphatic carbocycles. The van der Waals surface area contributed by atoms with Gasteiger partial charge in [-0.05, 0) is 38.3 Å². The minimum Gasteiger partial charge on any atom is -0.368 e. The summed E-state index contributed by atoms with van der Waals surface area (Å²) in [6.07, 6.45) is 1.79. The molecule has 0 spiro atoms. The Morgan fingerprint density at radius 2 is 1.96 bits per heavy atom. The third-order valence-electron chi connectivity index (χ3n) is 3.95. The van der Waals surface area contributed by atoms with E-state index in [9.17, 15) is 18.0 Å². The van der Waals surface area contributed by atoms with E-state index < -0.39 is 33.9 Å². The number of hydrogen-bond donors (Lipinski definition) is 2. The van der Waals surface area contributed by atoms with Gasteiger partial charge in [0.05, 0.1) is 4.90 Å². The molecule has 3 N–H and O–H groups in total. The fourth-order valence-corrected chi connectivity index (χ4v) is 3.81. The van der Waals surface area contributed by atoms with Gasteiger partial charge >= 0.3 is 0 Å². The Hall–Kier alpha value is -1.93. The number of benzene rings is 1. The van der Waals surface area contributed by atoms with Crippen LogP contribution in [0.15, 0.2) is 35.2 Å². The first kappa shape index (κ1) is 17.4. The fourth-order valence-electron chi connectivity index (χ4n) is 2.57. The van der Waals surface area contributed by atoms with Gasteiger partial charge in [-0.2, -0.15) is 4.72 Å². The number of sulfonamides is 1. The first-order chi connectivity index (χ1) is 10.8. The Morgan fingerprint density at radius 1 is 1.30 bits per heavy atom. The molecule has 0 bridgehead atoms. The van der Waals surface area contributed by atoms with Gasteiger partial charge in [-0.15, -0.1) is 0 Å². The Labute approximate surface area is 135 Å². The molecule has 1 heterocycles. The third-order valence-corrected chi connectivity index (χ3v) is 5.44. The van der Waals surface area contributed by atoms with Crippen LogP contribution in [0, 0.1) is 0 Å². The summed E-state index contributed by atoms with van der Waals surface area (Å²) in [6.45, 7) is 1.95. The van der Waals surface area contributed by atoms with Crippen molar-refractivity contribution in [1.29, 1.82) is 0 Å². The molecule has 126 valence electrons. The van der Waals surface area contributed by atoms with Crippen LogP contribution in [-0.2, 0) is 19.6 Å². The second-order valence-corrected chi connectivity index (χ2v) is 7.31. The Morgan fingerprint density at radius 3 is 2.57 bits per heavy atom. The average molecular weight is 339 g/mol. The minimum atomic E-state index is -3.79. The fraction of sp³-hybridized carbons (Fsp3) is 0.467. The maximum absolute atomic E-state index is 12.6. The zero-order chi connectivity index (χ0) is 17.0. The van der Waals surface area contributed by atoms with E-state index in [-0.39, 0.29) is 4.90 Å². The van der Waals surface area contributed by atoms with Crippen LogP contribution < -0.4 is 10.5 Å². The van der Waals surface area contributed by atoms with E-state index in [0.29, 0.717) is 25.8 Å².